The maximum Gasteiger partial charge on any atom is 0.160 e. The zero-order valence-electron chi connectivity index (χ0n) is 10.9. The maximum absolute atomic E-state index is 9.54. The van der Waals surface area contributed by atoms with Gasteiger partial charge in [-0.2, -0.15) is 5.26 Å². The van der Waals surface area contributed by atoms with E-state index in [9.17, 15) is 5.11 Å². The highest BCUT2D eigenvalue weighted by atomic mass is 79.9. The third-order valence-electron chi connectivity index (χ3n) is 2.83. The third kappa shape index (κ3) is 3.22. The Hall–Kier alpha value is -2.19. The van der Waals surface area contributed by atoms with E-state index in [0.29, 0.717) is 17.9 Å². The van der Waals surface area contributed by atoms with Crippen LogP contribution in [0.4, 0.5) is 5.69 Å². The number of ether oxygens (including phenoxy) is 1. The smallest absolute Gasteiger partial charge is 0.160 e. The highest BCUT2D eigenvalue weighted by Crippen LogP contribution is 2.28. The number of hydrogen-bond donors (Lipinski definition) is 2. The Labute approximate surface area is 125 Å². The van der Waals surface area contributed by atoms with E-state index in [1.807, 2.05) is 12.1 Å². The minimum Gasteiger partial charge on any atom is -0.504 e. The number of phenolic OH excluding ortho intramolecular Hbond substituents is 1. The van der Waals surface area contributed by atoms with Gasteiger partial charge >= 0.3 is 0 Å². The molecule has 0 radical (unpaired) electrons. The fourth-order valence-electron chi connectivity index (χ4n) is 1.76. The van der Waals surface area contributed by atoms with Crippen molar-refractivity contribution in [2.24, 2.45) is 0 Å². The SMILES string of the molecule is COc1cc(CNc2ccc(C#N)cc2Br)ccc1O. The Morgan fingerprint density at radius 1 is 1.30 bits per heavy atom. The molecule has 0 aliphatic carbocycles. The van der Waals surface area contributed by atoms with E-state index in [0.717, 1.165) is 15.7 Å². The lowest BCUT2D eigenvalue weighted by Gasteiger charge is -2.10. The Balaban J connectivity index is 2.11. The Kier molecular flexibility index (Phi) is 4.49. The van der Waals surface area contributed by atoms with Crippen LogP contribution in [0.25, 0.3) is 0 Å². The summed E-state index contributed by atoms with van der Waals surface area (Å²) in [5, 5.41) is 21.6. The third-order valence-corrected chi connectivity index (χ3v) is 3.48. The lowest BCUT2D eigenvalue weighted by Crippen LogP contribution is -2.00. The molecule has 20 heavy (non-hydrogen) atoms. The topological polar surface area (TPSA) is 65.3 Å². The van der Waals surface area contributed by atoms with E-state index in [1.54, 1.807) is 24.3 Å². The summed E-state index contributed by atoms with van der Waals surface area (Å²) in [5.41, 5.74) is 2.49. The number of methoxy groups -OCH3 is 1. The number of rotatable bonds is 4. The molecule has 0 aliphatic rings. The number of hydrogen-bond acceptors (Lipinski definition) is 4. The van der Waals surface area contributed by atoms with Crippen molar-refractivity contribution in [2.75, 3.05) is 12.4 Å². The van der Waals surface area contributed by atoms with Crippen molar-refractivity contribution in [2.45, 2.75) is 6.54 Å². The zero-order chi connectivity index (χ0) is 14.5. The van der Waals surface area contributed by atoms with Gasteiger partial charge in [-0.1, -0.05) is 6.07 Å². The molecule has 2 aromatic rings. The molecule has 0 aliphatic heterocycles. The summed E-state index contributed by atoms with van der Waals surface area (Å²) in [4.78, 5) is 0. The van der Waals surface area contributed by atoms with E-state index in [1.165, 1.54) is 7.11 Å². The lowest BCUT2D eigenvalue weighted by atomic mass is 10.2. The molecule has 0 atom stereocenters. The second kappa shape index (κ2) is 6.31. The predicted octanol–water partition coefficient (Wildman–Crippen LogP) is 3.65. The molecule has 0 unspecified atom stereocenters. The molecule has 2 rings (SSSR count). The Morgan fingerprint density at radius 2 is 2.10 bits per heavy atom. The number of nitrogens with one attached hydrogen (secondary N) is 1. The van der Waals surface area contributed by atoms with Crippen LogP contribution in [0.15, 0.2) is 40.9 Å². The van der Waals surface area contributed by atoms with Gasteiger partial charge in [0, 0.05) is 16.7 Å². The number of phenols is 1. The van der Waals surface area contributed by atoms with Gasteiger partial charge in [0.25, 0.3) is 0 Å². The molecule has 4 nitrogen and oxygen atoms in total. The number of benzene rings is 2. The van der Waals surface area contributed by atoms with E-state index in [4.69, 9.17) is 10.00 Å². The lowest BCUT2D eigenvalue weighted by molar-refractivity contribution is 0.373. The van der Waals surface area contributed by atoms with Gasteiger partial charge in [-0.25, -0.2) is 0 Å². The van der Waals surface area contributed by atoms with Gasteiger partial charge in [0.15, 0.2) is 11.5 Å². The molecule has 0 saturated heterocycles. The van der Waals surface area contributed by atoms with Gasteiger partial charge in [-0.3, -0.25) is 0 Å². The zero-order valence-corrected chi connectivity index (χ0v) is 12.4. The summed E-state index contributed by atoms with van der Waals surface area (Å²) < 4.78 is 5.90. The first kappa shape index (κ1) is 14.2. The van der Waals surface area contributed by atoms with E-state index in [2.05, 4.69) is 27.3 Å². The molecule has 0 aromatic heterocycles. The van der Waals surface area contributed by atoms with Gasteiger partial charge in [-0.15, -0.1) is 0 Å². The monoisotopic (exact) mass is 332 g/mol. The molecule has 2 aromatic carbocycles. The second-order valence-electron chi connectivity index (χ2n) is 4.17. The summed E-state index contributed by atoms with van der Waals surface area (Å²) in [6, 6.07) is 12.7. The first-order chi connectivity index (χ1) is 9.63. The number of nitriles is 1. The van der Waals surface area contributed by atoms with Crippen LogP contribution < -0.4 is 10.1 Å². The van der Waals surface area contributed by atoms with Crippen molar-refractivity contribution >= 4 is 21.6 Å². The van der Waals surface area contributed by atoms with Crippen molar-refractivity contribution in [3.63, 3.8) is 0 Å². The largest absolute Gasteiger partial charge is 0.504 e. The van der Waals surface area contributed by atoms with Crippen LogP contribution in [0, 0.1) is 11.3 Å². The van der Waals surface area contributed by atoms with Gasteiger partial charge in [0.1, 0.15) is 0 Å². The van der Waals surface area contributed by atoms with Crippen LogP contribution >= 0.6 is 15.9 Å². The van der Waals surface area contributed by atoms with Gasteiger partial charge in [0.05, 0.1) is 18.7 Å². The van der Waals surface area contributed by atoms with Crippen LogP contribution in [0.3, 0.4) is 0 Å². The minimum atomic E-state index is 0.121. The second-order valence-corrected chi connectivity index (χ2v) is 5.02. The van der Waals surface area contributed by atoms with E-state index in [-0.39, 0.29) is 5.75 Å². The van der Waals surface area contributed by atoms with Crippen molar-refractivity contribution in [3.05, 3.63) is 52.0 Å². The van der Waals surface area contributed by atoms with Crippen LogP contribution in [0.5, 0.6) is 11.5 Å². The first-order valence-electron chi connectivity index (χ1n) is 5.93. The van der Waals surface area contributed by atoms with Gasteiger partial charge in [0.2, 0.25) is 0 Å². The summed E-state index contributed by atoms with van der Waals surface area (Å²) in [5.74, 6) is 0.569. The molecule has 5 heteroatoms. The number of anilines is 1. The molecule has 0 saturated carbocycles. The van der Waals surface area contributed by atoms with Crippen molar-refractivity contribution < 1.29 is 9.84 Å². The molecule has 0 bridgehead atoms. The van der Waals surface area contributed by atoms with Crippen molar-refractivity contribution in [3.8, 4) is 17.6 Å². The van der Waals surface area contributed by atoms with Gasteiger partial charge in [-0.05, 0) is 51.8 Å². The molecule has 102 valence electrons. The maximum atomic E-state index is 9.54. The molecule has 0 amide bonds. The average Bonchev–Trinajstić information content (AvgIpc) is 2.47. The summed E-state index contributed by atoms with van der Waals surface area (Å²) in [6.45, 7) is 0.584. The van der Waals surface area contributed by atoms with Crippen molar-refractivity contribution in [1.29, 1.82) is 5.26 Å². The molecule has 0 spiro atoms. The standard InChI is InChI=1S/C15H13BrN2O2/c1-20-15-7-11(3-5-14(15)19)9-18-13-4-2-10(8-17)6-12(13)16/h2-7,18-19H,9H2,1H3. The number of halogens is 1. The molecule has 0 heterocycles. The summed E-state index contributed by atoms with van der Waals surface area (Å²) >= 11 is 3.42. The van der Waals surface area contributed by atoms with E-state index >= 15 is 0 Å². The normalized spacial score (nSPS) is 9.85. The number of nitrogens with zero attached hydrogens (tertiary/aromatic N) is 1. The fraction of sp³-hybridized carbons (Fsp3) is 0.133. The van der Waals surface area contributed by atoms with Crippen LogP contribution in [0.1, 0.15) is 11.1 Å². The number of aromatic hydroxyl groups is 1. The van der Waals surface area contributed by atoms with Crippen LogP contribution in [0.2, 0.25) is 0 Å². The quantitative estimate of drug-likeness (QED) is 0.896. The minimum absolute atomic E-state index is 0.121. The summed E-state index contributed by atoms with van der Waals surface area (Å²) in [7, 11) is 1.52. The van der Waals surface area contributed by atoms with Gasteiger partial charge < -0.3 is 15.2 Å². The Bertz CT molecular complexity index is 665. The predicted molar refractivity (Wildman–Crippen MR) is 80.8 cm³/mol. The first-order valence-corrected chi connectivity index (χ1v) is 6.72. The molecular weight excluding hydrogens is 320 g/mol. The molecule has 2 N–H and O–H groups in total. The van der Waals surface area contributed by atoms with Crippen LogP contribution in [-0.2, 0) is 6.54 Å². The average molecular weight is 333 g/mol. The van der Waals surface area contributed by atoms with E-state index < -0.39 is 0 Å². The van der Waals surface area contributed by atoms with Crippen LogP contribution in [-0.4, -0.2) is 12.2 Å². The highest BCUT2D eigenvalue weighted by Gasteiger charge is 2.04. The molecule has 0 fully saturated rings. The highest BCUT2D eigenvalue weighted by molar-refractivity contribution is 9.10. The fourth-order valence-corrected chi connectivity index (χ4v) is 2.28. The van der Waals surface area contributed by atoms with Crippen molar-refractivity contribution in [1.82, 2.24) is 0 Å². The Morgan fingerprint density at radius 3 is 2.75 bits per heavy atom. The molecular formula is C15H13BrN2O2. The summed E-state index contributed by atoms with van der Waals surface area (Å²) in [6.07, 6.45) is 0.